The average molecular weight is 288 g/mol. The van der Waals surface area contributed by atoms with Crippen LogP contribution < -0.4 is 5.43 Å². The molecule has 2 aliphatic rings. The molecule has 8 nitrogen and oxygen atoms in total. The van der Waals surface area contributed by atoms with Crippen LogP contribution >= 0.6 is 9.47 Å². The summed E-state index contributed by atoms with van der Waals surface area (Å²) in [6.07, 6.45) is 1.25. The number of hydrogen-bond donors (Lipinski definition) is 1. The summed E-state index contributed by atoms with van der Waals surface area (Å²) in [5.74, 6) is -0.625. The van der Waals surface area contributed by atoms with Crippen molar-refractivity contribution in [3.63, 3.8) is 0 Å². The van der Waals surface area contributed by atoms with Crippen molar-refractivity contribution in [2.75, 3.05) is 13.6 Å². The summed E-state index contributed by atoms with van der Waals surface area (Å²) in [6, 6.07) is -0.890. The molecule has 106 valence electrons. The highest BCUT2D eigenvalue weighted by Gasteiger charge is 2.47. The minimum Gasteiger partial charge on any atom is -0.309 e. The number of rotatable bonds is 2. The van der Waals surface area contributed by atoms with Gasteiger partial charge in [0.2, 0.25) is 5.91 Å². The van der Waals surface area contributed by atoms with E-state index >= 15 is 0 Å². The van der Waals surface area contributed by atoms with E-state index in [0.717, 1.165) is 5.01 Å². The molecule has 0 radical (unpaired) electrons. The number of nitrogens with one attached hydrogen (secondary N) is 1. The van der Waals surface area contributed by atoms with Crippen molar-refractivity contribution < 1.29 is 19.0 Å². The fraction of sp³-hybridized carbons (Fsp3) is 0.700. The van der Waals surface area contributed by atoms with E-state index < -0.39 is 6.04 Å². The molecular formula is C10H17N4O4P. The molecule has 2 aliphatic heterocycles. The molecule has 0 aromatic rings. The van der Waals surface area contributed by atoms with Gasteiger partial charge in [-0.1, -0.05) is 0 Å². The van der Waals surface area contributed by atoms with E-state index in [4.69, 9.17) is 4.62 Å². The Balaban J connectivity index is 2.04. The standard InChI is InChI=1S/C10H17N4O4P/c1-6(15)12(2)11-9(16)8-4-3-7-5-13(8)10(17)14(7)18-19/h7-8H,3-5,19H2,1-2H3,(H,11,16)/t7-,8-/m0/s1. The van der Waals surface area contributed by atoms with E-state index in [2.05, 4.69) is 5.43 Å². The fourth-order valence-corrected chi connectivity index (χ4v) is 2.62. The SMILES string of the molecule is CC(=O)N(C)NC(=O)[C@@H]1CC[C@H]2CN1C(=O)N2OP. The monoisotopic (exact) mass is 288 g/mol. The van der Waals surface area contributed by atoms with Crippen molar-refractivity contribution in [3.05, 3.63) is 0 Å². The highest BCUT2D eigenvalue weighted by molar-refractivity contribution is 7.09. The zero-order valence-electron chi connectivity index (χ0n) is 10.8. The molecule has 0 aliphatic carbocycles. The second-order valence-corrected chi connectivity index (χ2v) is 4.88. The lowest BCUT2D eigenvalue weighted by Crippen LogP contribution is -2.54. The Morgan fingerprint density at radius 1 is 1.47 bits per heavy atom. The first-order valence-corrected chi connectivity index (χ1v) is 6.44. The summed E-state index contributed by atoms with van der Waals surface area (Å²) < 4.78 is 4.95. The Morgan fingerprint density at radius 3 is 2.74 bits per heavy atom. The summed E-state index contributed by atoms with van der Waals surface area (Å²) in [5, 5.41) is 2.38. The number of amides is 4. The smallest absolute Gasteiger partial charge is 0.309 e. The van der Waals surface area contributed by atoms with Crippen molar-refractivity contribution in [3.8, 4) is 0 Å². The van der Waals surface area contributed by atoms with Crippen molar-refractivity contribution in [2.45, 2.75) is 31.8 Å². The molecule has 9 heteroatoms. The number of urea groups is 1. The van der Waals surface area contributed by atoms with Crippen molar-refractivity contribution in [2.24, 2.45) is 0 Å². The number of carbonyl (C=O) groups is 3. The van der Waals surface area contributed by atoms with Crippen LogP contribution in [0, 0.1) is 0 Å². The van der Waals surface area contributed by atoms with Gasteiger partial charge in [0.25, 0.3) is 5.91 Å². The van der Waals surface area contributed by atoms with Gasteiger partial charge >= 0.3 is 6.03 Å². The van der Waals surface area contributed by atoms with Crippen LogP contribution in [0.15, 0.2) is 0 Å². The summed E-state index contributed by atoms with van der Waals surface area (Å²) in [7, 11) is 3.51. The molecule has 2 rings (SSSR count). The number of hydrogen-bond acceptors (Lipinski definition) is 4. The van der Waals surface area contributed by atoms with Gasteiger partial charge in [0.15, 0.2) is 0 Å². The largest absolute Gasteiger partial charge is 0.345 e. The molecular weight excluding hydrogens is 271 g/mol. The number of carbonyl (C=O) groups excluding carboxylic acids is 3. The zero-order chi connectivity index (χ0) is 14.2. The van der Waals surface area contributed by atoms with E-state index in [1.165, 1.54) is 23.9 Å². The van der Waals surface area contributed by atoms with Crippen molar-refractivity contribution >= 4 is 27.3 Å². The molecule has 0 spiro atoms. The molecule has 2 heterocycles. The molecule has 1 N–H and O–H groups in total. The van der Waals surface area contributed by atoms with Gasteiger partial charge in [-0.3, -0.25) is 24.6 Å². The van der Waals surface area contributed by atoms with E-state index in [9.17, 15) is 14.4 Å². The van der Waals surface area contributed by atoms with Crippen molar-refractivity contribution in [1.82, 2.24) is 20.4 Å². The zero-order valence-corrected chi connectivity index (χ0v) is 12.0. The Labute approximate surface area is 113 Å². The lowest BCUT2D eigenvalue weighted by molar-refractivity contribution is -0.140. The van der Waals surface area contributed by atoms with E-state index in [0.29, 0.717) is 19.4 Å². The molecule has 2 saturated heterocycles. The summed E-state index contributed by atoms with van der Waals surface area (Å²) in [4.78, 5) is 36.6. The van der Waals surface area contributed by atoms with Crippen LogP contribution in [0.25, 0.3) is 0 Å². The number of hydroxylamine groups is 2. The molecule has 0 aromatic heterocycles. The molecule has 19 heavy (non-hydrogen) atoms. The van der Waals surface area contributed by atoms with E-state index in [1.807, 2.05) is 9.47 Å². The first-order chi connectivity index (χ1) is 8.95. The molecule has 0 aromatic carbocycles. The van der Waals surface area contributed by atoms with Crippen molar-refractivity contribution in [1.29, 1.82) is 0 Å². The van der Waals surface area contributed by atoms with Gasteiger partial charge in [-0.05, 0) is 12.8 Å². The first-order valence-electron chi connectivity index (χ1n) is 5.97. The second kappa shape index (κ2) is 5.30. The third kappa shape index (κ3) is 2.50. The van der Waals surface area contributed by atoms with Crippen LogP contribution in [-0.2, 0) is 14.2 Å². The van der Waals surface area contributed by atoms with E-state index in [1.54, 1.807) is 0 Å². The number of piperidine rings is 1. The first kappa shape index (κ1) is 14.0. The molecule has 1 unspecified atom stereocenters. The molecule has 4 amide bonds. The van der Waals surface area contributed by atoms with Crippen LogP contribution in [0.2, 0.25) is 0 Å². The normalized spacial score (nSPS) is 25.5. The number of hydrazine groups is 1. The summed E-state index contributed by atoms with van der Waals surface area (Å²) in [5.41, 5.74) is 2.47. The number of nitrogens with zero attached hydrogens (tertiary/aromatic N) is 3. The second-order valence-electron chi connectivity index (χ2n) is 4.67. The van der Waals surface area contributed by atoms with Gasteiger partial charge in [0, 0.05) is 30.0 Å². The summed E-state index contributed by atoms with van der Waals surface area (Å²) in [6.45, 7) is 1.82. The van der Waals surface area contributed by atoms with Crippen LogP contribution in [0.5, 0.6) is 0 Å². The average Bonchev–Trinajstić information content (AvgIpc) is 2.61. The van der Waals surface area contributed by atoms with Crippen LogP contribution in [0.3, 0.4) is 0 Å². The lowest BCUT2D eigenvalue weighted by Gasteiger charge is -2.30. The fourth-order valence-electron chi connectivity index (χ4n) is 2.36. The van der Waals surface area contributed by atoms with Gasteiger partial charge < -0.3 is 4.90 Å². The Morgan fingerprint density at radius 2 is 2.16 bits per heavy atom. The summed E-state index contributed by atoms with van der Waals surface area (Å²) >= 11 is 0. The highest BCUT2D eigenvalue weighted by Crippen LogP contribution is 2.30. The lowest BCUT2D eigenvalue weighted by atomic mass is 10.0. The third-order valence-corrected chi connectivity index (χ3v) is 3.72. The molecule has 2 fully saturated rings. The maximum atomic E-state index is 12.1. The van der Waals surface area contributed by atoms with Gasteiger partial charge in [-0.15, -0.1) is 0 Å². The van der Waals surface area contributed by atoms with Crippen LogP contribution in [0.1, 0.15) is 19.8 Å². The molecule has 3 atom stereocenters. The molecule has 0 saturated carbocycles. The Kier molecular flexibility index (Phi) is 3.91. The Hall–Kier alpha value is -1.40. The van der Waals surface area contributed by atoms with Crippen LogP contribution in [-0.4, -0.2) is 58.5 Å². The predicted octanol–water partition coefficient (Wildman–Crippen LogP) is -0.514. The minimum atomic E-state index is -0.560. The predicted molar refractivity (Wildman–Crippen MR) is 68.1 cm³/mol. The van der Waals surface area contributed by atoms with Gasteiger partial charge in [0.05, 0.1) is 6.04 Å². The quantitative estimate of drug-likeness (QED) is 0.548. The maximum Gasteiger partial charge on any atom is 0.345 e. The van der Waals surface area contributed by atoms with Gasteiger partial charge in [-0.2, -0.15) is 5.06 Å². The van der Waals surface area contributed by atoms with Crippen LogP contribution in [0.4, 0.5) is 4.79 Å². The Bertz CT molecular complexity index is 418. The van der Waals surface area contributed by atoms with Gasteiger partial charge in [-0.25, -0.2) is 4.79 Å². The topological polar surface area (TPSA) is 82.2 Å². The molecule has 2 bridgehead atoms. The van der Waals surface area contributed by atoms with E-state index in [-0.39, 0.29) is 23.9 Å². The highest BCUT2D eigenvalue weighted by atomic mass is 31.0. The van der Waals surface area contributed by atoms with Gasteiger partial charge in [0.1, 0.15) is 6.04 Å². The maximum absolute atomic E-state index is 12.1. The minimum absolute atomic E-state index is 0.0143. The third-order valence-electron chi connectivity index (χ3n) is 3.49. The number of fused-ring (bicyclic) bond motifs is 2.